The molecule has 0 spiro atoms. The predicted molar refractivity (Wildman–Crippen MR) is 70.5 cm³/mol. The van der Waals surface area contributed by atoms with E-state index in [2.05, 4.69) is 17.3 Å². The molecule has 1 heterocycles. The van der Waals surface area contributed by atoms with Crippen LogP contribution in [-0.2, 0) is 9.47 Å². The van der Waals surface area contributed by atoms with Gasteiger partial charge in [0, 0.05) is 39.0 Å². The van der Waals surface area contributed by atoms with E-state index >= 15 is 0 Å². The summed E-state index contributed by atoms with van der Waals surface area (Å²) in [5.41, 5.74) is 0. The quantitative estimate of drug-likeness (QED) is 0.584. The Bertz CT molecular complexity index is 173. The van der Waals surface area contributed by atoms with E-state index in [9.17, 15) is 0 Å². The molecule has 1 unspecified atom stereocenters. The van der Waals surface area contributed by atoms with Crippen molar-refractivity contribution in [3.63, 3.8) is 0 Å². The molecule has 1 N–H and O–H groups in total. The van der Waals surface area contributed by atoms with Gasteiger partial charge in [-0.1, -0.05) is 0 Å². The van der Waals surface area contributed by atoms with Crippen LogP contribution in [0, 0.1) is 0 Å². The Morgan fingerprint density at radius 3 is 2.94 bits per heavy atom. The zero-order valence-corrected chi connectivity index (χ0v) is 11.4. The molecule has 0 aromatic rings. The van der Waals surface area contributed by atoms with Gasteiger partial charge in [0.1, 0.15) is 0 Å². The summed E-state index contributed by atoms with van der Waals surface area (Å²) in [5, 5.41) is 3.48. The van der Waals surface area contributed by atoms with Gasteiger partial charge >= 0.3 is 0 Å². The molecule has 0 radical (unpaired) electrons. The molecule has 0 bridgehead atoms. The highest BCUT2D eigenvalue weighted by Gasteiger charge is 2.19. The first-order valence-electron chi connectivity index (χ1n) is 6.91. The van der Waals surface area contributed by atoms with Crippen LogP contribution in [0.5, 0.6) is 0 Å². The minimum Gasteiger partial charge on any atom is -0.382 e. The molecule has 1 fully saturated rings. The van der Waals surface area contributed by atoms with Crippen LogP contribution in [-0.4, -0.2) is 64.1 Å². The van der Waals surface area contributed by atoms with Crippen LogP contribution < -0.4 is 5.32 Å². The molecule has 4 heteroatoms. The van der Waals surface area contributed by atoms with Crippen LogP contribution in [0.25, 0.3) is 0 Å². The first-order valence-corrected chi connectivity index (χ1v) is 6.91. The first-order chi connectivity index (χ1) is 8.34. The Labute approximate surface area is 106 Å². The van der Waals surface area contributed by atoms with Gasteiger partial charge in [-0.15, -0.1) is 0 Å². The maximum Gasteiger partial charge on any atom is 0.0622 e. The topological polar surface area (TPSA) is 33.7 Å². The highest BCUT2D eigenvalue weighted by molar-refractivity contribution is 4.73. The molecule has 0 saturated carbocycles. The number of nitrogens with zero attached hydrogens (tertiary/aromatic N) is 1. The molecule has 1 rings (SSSR count). The third kappa shape index (κ3) is 6.99. The van der Waals surface area contributed by atoms with Crippen molar-refractivity contribution < 1.29 is 9.47 Å². The summed E-state index contributed by atoms with van der Waals surface area (Å²) in [6.07, 6.45) is 3.55. The van der Waals surface area contributed by atoms with Gasteiger partial charge in [-0.25, -0.2) is 0 Å². The van der Waals surface area contributed by atoms with Crippen molar-refractivity contribution in [1.29, 1.82) is 0 Å². The van der Waals surface area contributed by atoms with E-state index in [-0.39, 0.29) is 0 Å². The van der Waals surface area contributed by atoms with Gasteiger partial charge in [0.2, 0.25) is 0 Å². The third-order valence-electron chi connectivity index (χ3n) is 3.27. The second-order valence-corrected chi connectivity index (χ2v) is 4.65. The molecule has 0 amide bonds. The van der Waals surface area contributed by atoms with E-state index in [1.165, 1.54) is 12.8 Å². The van der Waals surface area contributed by atoms with Crippen molar-refractivity contribution in [2.45, 2.75) is 32.2 Å². The lowest BCUT2D eigenvalue weighted by Gasteiger charge is -2.22. The van der Waals surface area contributed by atoms with Crippen molar-refractivity contribution in [1.82, 2.24) is 10.2 Å². The Morgan fingerprint density at radius 1 is 1.35 bits per heavy atom. The van der Waals surface area contributed by atoms with Crippen LogP contribution in [0.3, 0.4) is 0 Å². The molecule has 0 aromatic carbocycles. The third-order valence-corrected chi connectivity index (χ3v) is 3.27. The van der Waals surface area contributed by atoms with Crippen molar-refractivity contribution in [2.24, 2.45) is 0 Å². The average molecular weight is 244 g/mol. The van der Waals surface area contributed by atoms with Crippen molar-refractivity contribution in [2.75, 3.05) is 53.1 Å². The number of likely N-dealkylation sites (N-methyl/N-ethyl adjacent to an activating group) is 1. The Morgan fingerprint density at radius 2 is 2.24 bits per heavy atom. The molecule has 1 saturated heterocycles. The largest absolute Gasteiger partial charge is 0.382 e. The Hall–Kier alpha value is -0.160. The summed E-state index contributed by atoms with van der Waals surface area (Å²) < 4.78 is 10.7. The summed E-state index contributed by atoms with van der Waals surface area (Å²) >= 11 is 0. The van der Waals surface area contributed by atoms with Gasteiger partial charge in [-0.3, -0.25) is 4.90 Å². The van der Waals surface area contributed by atoms with E-state index < -0.39 is 0 Å². The van der Waals surface area contributed by atoms with Gasteiger partial charge in [-0.05, 0) is 39.8 Å². The molecule has 1 aliphatic rings. The van der Waals surface area contributed by atoms with E-state index in [1.54, 1.807) is 0 Å². The maximum atomic E-state index is 5.38. The van der Waals surface area contributed by atoms with Gasteiger partial charge in [-0.2, -0.15) is 0 Å². The van der Waals surface area contributed by atoms with Gasteiger partial charge in [0.15, 0.2) is 0 Å². The fourth-order valence-electron chi connectivity index (χ4n) is 2.03. The van der Waals surface area contributed by atoms with E-state index in [0.717, 1.165) is 52.5 Å². The lowest BCUT2D eigenvalue weighted by molar-refractivity contribution is 0.143. The summed E-state index contributed by atoms with van der Waals surface area (Å²) in [6.45, 7) is 8.90. The Balaban J connectivity index is 1.83. The zero-order chi connectivity index (χ0) is 12.3. The van der Waals surface area contributed by atoms with Crippen LogP contribution in [0.1, 0.15) is 26.2 Å². The lowest BCUT2D eigenvalue weighted by Crippen LogP contribution is -2.37. The molecule has 0 aromatic heterocycles. The average Bonchev–Trinajstić information content (AvgIpc) is 2.86. The molecule has 1 aliphatic heterocycles. The number of hydrogen-bond acceptors (Lipinski definition) is 4. The van der Waals surface area contributed by atoms with Crippen molar-refractivity contribution in [3.05, 3.63) is 0 Å². The van der Waals surface area contributed by atoms with Crippen LogP contribution in [0.4, 0.5) is 0 Å². The molecule has 4 nitrogen and oxygen atoms in total. The highest BCUT2D eigenvalue weighted by atomic mass is 16.5. The lowest BCUT2D eigenvalue weighted by atomic mass is 10.2. The second-order valence-electron chi connectivity index (χ2n) is 4.65. The smallest absolute Gasteiger partial charge is 0.0622 e. The summed E-state index contributed by atoms with van der Waals surface area (Å²) in [7, 11) is 2.19. The molecule has 102 valence electrons. The first kappa shape index (κ1) is 14.9. The van der Waals surface area contributed by atoms with Crippen LogP contribution in [0.2, 0.25) is 0 Å². The van der Waals surface area contributed by atoms with E-state index in [4.69, 9.17) is 9.47 Å². The van der Waals surface area contributed by atoms with Crippen LogP contribution in [0.15, 0.2) is 0 Å². The minimum atomic E-state index is 0.634. The number of hydrogen-bond donors (Lipinski definition) is 1. The summed E-state index contributed by atoms with van der Waals surface area (Å²) in [4.78, 5) is 2.40. The number of rotatable bonds is 10. The number of ether oxygens (including phenoxy) is 2. The van der Waals surface area contributed by atoms with Gasteiger partial charge in [0.05, 0.1) is 6.61 Å². The fourth-order valence-corrected chi connectivity index (χ4v) is 2.03. The molecule has 17 heavy (non-hydrogen) atoms. The molecular formula is C13H28N2O2. The summed E-state index contributed by atoms with van der Waals surface area (Å²) in [6, 6.07) is 0.634. The Kier molecular flexibility index (Phi) is 8.61. The zero-order valence-electron chi connectivity index (χ0n) is 11.4. The predicted octanol–water partition coefficient (Wildman–Crippen LogP) is 1.11. The minimum absolute atomic E-state index is 0.634. The monoisotopic (exact) mass is 244 g/mol. The van der Waals surface area contributed by atoms with E-state index in [0.29, 0.717) is 6.04 Å². The van der Waals surface area contributed by atoms with Crippen LogP contribution >= 0.6 is 0 Å². The maximum absolute atomic E-state index is 5.38. The standard InChI is InChI=1S/C13H28N2O2/c1-3-16-10-5-4-7-14-8-9-15(2)13-6-11-17-12-13/h13-14H,3-12H2,1-2H3. The number of unbranched alkanes of at least 4 members (excludes halogenated alkanes) is 1. The fraction of sp³-hybridized carbons (Fsp3) is 1.00. The number of nitrogens with one attached hydrogen (secondary N) is 1. The van der Waals surface area contributed by atoms with Gasteiger partial charge < -0.3 is 14.8 Å². The second kappa shape index (κ2) is 9.83. The normalized spacial score (nSPS) is 20.3. The summed E-state index contributed by atoms with van der Waals surface area (Å²) in [5.74, 6) is 0. The van der Waals surface area contributed by atoms with Gasteiger partial charge in [0.25, 0.3) is 0 Å². The van der Waals surface area contributed by atoms with Crippen molar-refractivity contribution in [3.8, 4) is 0 Å². The molecule has 0 aliphatic carbocycles. The van der Waals surface area contributed by atoms with E-state index in [1.807, 2.05) is 6.92 Å². The molecular weight excluding hydrogens is 216 g/mol. The molecule has 1 atom stereocenters. The van der Waals surface area contributed by atoms with Crippen molar-refractivity contribution >= 4 is 0 Å². The SMILES string of the molecule is CCOCCCCNCCN(C)C1CCOC1. The highest BCUT2D eigenvalue weighted by Crippen LogP contribution is 2.09.